The molecule has 0 saturated heterocycles. The zero-order valence-corrected chi connectivity index (χ0v) is 13.3. The summed E-state index contributed by atoms with van der Waals surface area (Å²) in [5.74, 6) is 0. The Balaban J connectivity index is 3.01. The summed E-state index contributed by atoms with van der Waals surface area (Å²) in [7, 11) is 0. The zero-order chi connectivity index (χ0) is 14.0. The quantitative estimate of drug-likeness (QED) is 0.286. The molecule has 0 atom stereocenters. The van der Waals surface area contributed by atoms with E-state index in [1.54, 1.807) is 0 Å². The SMILES string of the molecule is CCCCCCCC/C=C/CCCCCCCCN. The van der Waals surface area contributed by atoms with Gasteiger partial charge in [0.05, 0.1) is 0 Å². The second kappa shape index (κ2) is 17.7. The molecular weight excluding hydrogens is 230 g/mol. The minimum Gasteiger partial charge on any atom is -0.330 e. The highest BCUT2D eigenvalue weighted by Crippen LogP contribution is 2.09. The number of nitrogens with two attached hydrogens (primary N) is 1. The van der Waals surface area contributed by atoms with E-state index in [4.69, 9.17) is 5.73 Å². The van der Waals surface area contributed by atoms with E-state index in [2.05, 4.69) is 19.1 Å². The van der Waals surface area contributed by atoms with Gasteiger partial charge in [-0.15, -0.1) is 0 Å². The first-order valence-electron chi connectivity index (χ1n) is 8.77. The molecule has 0 aromatic rings. The Morgan fingerprint density at radius 3 is 1.47 bits per heavy atom. The lowest BCUT2D eigenvalue weighted by Crippen LogP contribution is -1.97. The monoisotopic (exact) mass is 267 g/mol. The molecular formula is C18H37N. The molecule has 1 nitrogen and oxygen atoms in total. The van der Waals surface area contributed by atoms with E-state index in [9.17, 15) is 0 Å². The van der Waals surface area contributed by atoms with Crippen LogP contribution < -0.4 is 5.73 Å². The molecule has 0 saturated carbocycles. The predicted molar refractivity (Wildman–Crippen MR) is 88.5 cm³/mol. The third-order valence-corrected chi connectivity index (χ3v) is 3.72. The number of allylic oxidation sites excluding steroid dienone is 2. The van der Waals surface area contributed by atoms with Crippen LogP contribution in [0.25, 0.3) is 0 Å². The van der Waals surface area contributed by atoms with Gasteiger partial charge in [-0.3, -0.25) is 0 Å². The van der Waals surface area contributed by atoms with Gasteiger partial charge in [0.25, 0.3) is 0 Å². The van der Waals surface area contributed by atoms with Gasteiger partial charge in [-0.25, -0.2) is 0 Å². The predicted octanol–water partition coefficient (Wildman–Crippen LogP) is 5.98. The molecule has 2 N–H and O–H groups in total. The van der Waals surface area contributed by atoms with Crippen molar-refractivity contribution < 1.29 is 0 Å². The second-order valence-electron chi connectivity index (χ2n) is 5.73. The third kappa shape index (κ3) is 17.7. The smallest absolute Gasteiger partial charge is 0.00773 e. The molecule has 0 spiro atoms. The summed E-state index contributed by atoms with van der Waals surface area (Å²) in [5, 5.41) is 0. The van der Waals surface area contributed by atoms with Gasteiger partial charge in [-0.05, 0) is 38.6 Å². The lowest BCUT2D eigenvalue weighted by molar-refractivity contribution is 0.599. The average molecular weight is 268 g/mol. The lowest BCUT2D eigenvalue weighted by atomic mass is 10.1. The molecule has 0 heterocycles. The van der Waals surface area contributed by atoms with Gasteiger partial charge in [-0.2, -0.15) is 0 Å². The van der Waals surface area contributed by atoms with Crippen LogP contribution in [0.2, 0.25) is 0 Å². The van der Waals surface area contributed by atoms with Crippen molar-refractivity contribution in [1.29, 1.82) is 0 Å². The Kier molecular flexibility index (Phi) is 17.4. The Hall–Kier alpha value is -0.300. The van der Waals surface area contributed by atoms with E-state index in [-0.39, 0.29) is 0 Å². The van der Waals surface area contributed by atoms with Crippen LogP contribution >= 0.6 is 0 Å². The van der Waals surface area contributed by atoms with E-state index in [1.807, 2.05) is 0 Å². The van der Waals surface area contributed by atoms with Crippen molar-refractivity contribution in [2.45, 2.75) is 96.8 Å². The van der Waals surface area contributed by atoms with Crippen molar-refractivity contribution in [3.8, 4) is 0 Å². The first-order chi connectivity index (χ1) is 9.41. The molecule has 0 unspecified atom stereocenters. The summed E-state index contributed by atoms with van der Waals surface area (Å²) in [5.41, 5.74) is 5.47. The lowest BCUT2D eigenvalue weighted by Gasteiger charge is -1.99. The first kappa shape index (κ1) is 18.7. The summed E-state index contributed by atoms with van der Waals surface area (Å²) in [6.07, 6.45) is 23.9. The molecule has 0 aromatic heterocycles. The fourth-order valence-electron chi connectivity index (χ4n) is 2.39. The van der Waals surface area contributed by atoms with Gasteiger partial charge in [-0.1, -0.05) is 76.9 Å². The van der Waals surface area contributed by atoms with Gasteiger partial charge in [0.15, 0.2) is 0 Å². The molecule has 0 bridgehead atoms. The van der Waals surface area contributed by atoms with Crippen molar-refractivity contribution in [2.24, 2.45) is 5.73 Å². The molecule has 0 radical (unpaired) electrons. The minimum atomic E-state index is 0.862. The maximum absolute atomic E-state index is 5.47. The third-order valence-electron chi connectivity index (χ3n) is 3.72. The highest BCUT2D eigenvalue weighted by molar-refractivity contribution is 4.81. The summed E-state index contributed by atoms with van der Waals surface area (Å²) >= 11 is 0. The maximum Gasteiger partial charge on any atom is -0.00773 e. The molecule has 1 heteroatoms. The van der Waals surface area contributed by atoms with E-state index < -0.39 is 0 Å². The normalized spacial score (nSPS) is 11.5. The van der Waals surface area contributed by atoms with Crippen molar-refractivity contribution in [1.82, 2.24) is 0 Å². The molecule has 114 valence electrons. The van der Waals surface area contributed by atoms with Gasteiger partial charge >= 0.3 is 0 Å². The summed E-state index contributed by atoms with van der Waals surface area (Å²) in [4.78, 5) is 0. The highest BCUT2D eigenvalue weighted by atomic mass is 14.5. The Morgan fingerprint density at radius 1 is 0.579 bits per heavy atom. The average Bonchev–Trinajstić information content (AvgIpc) is 2.43. The van der Waals surface area contributed by atoms with E-state index in [0.717, 1.165) is 6.54 Å². The molecule has 0 aliphatic heterocycles. The number of hydrogen-bond acceptors (Lipinski definition) is 1. The summed E-state index contributed by atoms with van der Waals surface area (Å²) in [6, 6.07) is 0. The van der Waals surface area contributed by atoms with Crippen molar-refractivity contribution in [2.75, 3.05) is 6.54 Å². The van der Waals surface area contributed by atoms with Crippen LogP contribution in [0.3, 0.4) is 0 Å². The highest BCUT2D eigenvalue weighted by Gasteiger charge is 1.90. The van der Waals surface area contributed by atoms with Crippen molar-refractivity contribution >= 4 is 0 Å². The molecule has 0 amide bonds. The van der Waals surface area contributed by atoms with Gasteiger partial charge < -0.3 is 5.73 Å². The summed E-state index contributed by atoms with van der Waals surface area (Å²) in [6.45, 7) is 3.14. The minimum absolute atomic E-state index is 0.862. The summed E-state index contributed by atoms with van der Waals surface area (Å²) < 4.78 is 0. The van der Waals surface area contributed by atoms with Gasteiger partial charge in [0.1, 0.15) is 0 Å². The molecule has 0 fully saturated rings. The van der Waals surface area contributed by atoms with Gasteiger partial charge in [0.2, 0.25) is 0 Å². The molecule has 0 aliphatic carbocycles. The molecule has 19 heavy (non-hydrogen) atoms. The second-order valence-corrected chi connectivity index (χ2v) is 5.73. The van der Waals surface area contributed by atoms with E-state index >= 15 is 0 Å². The standard InChI is InChI=1S/C18H37N/c1-2-3-4-5-6-7-8-9-10-11-12-13-14-15-16-17-18-19/h9-10H,2-8,11-19H2,1H3/b10-9+. The number of unbranched alkanes of at least 4 members (excludes halogenated alkanes) is 12. The van der Waals surface area contributed by atoms with Crippen LogP contribution in [0.1, 0.15) is 96.8 Å². The van der Waals surface area contributed by atoms with Crippen LogP contribution in [0, 0.1) is 0 Å². The Labute approximate surface area is 122 Å². The van der Waals surface area contributed by atoms with E-state index in [0.29, 0.717) is 0 Å². The van der Waals surface area contributed by atoms with Crippen molar-refractivity contribution in [3.63, 3.8) is 0 Å². The Bertz CT molecular complexity index is 175. The topological polar surface area (TPSA) is 26.0 Å². The fourth-order valence-corrected chi connectivity index (χ4v) is 2.39. The Morgan fingerprint density at radius 2 is 1.00 bits per heavy atom. The molecule has 0 aromatic carbocycles. The molecule has 0 aliphatic rings. The maximum atomic E-state index is 5.47. The zero-order valence-electron chi connectivity index (χ0n) is 13.3. The number of rotatable bonds is 15. The largest absolute Gasteiger partial charge is 0.330 e. The van der Waals surface area contributed by atoms with Gasteiger partial charge in [0, 0.05) is 0 Å². The fraction of sp³-hybridized carbons (Fsp3) is 0.889. The number of hydrogen-bond donors (Lipinski definition) is 1. The van der Waals surface area contributed by atoms with E-state index in [1.165, 1.54) is 89.9 Å². The van der Waals surface area contributed by atoms with Crippen LogP contribution in [-0.4, -0.2) is 6.54 Å². The molecule has 0 rings (SSSR count). The van der Waals surface area contributed by atoms with Crippen LogP contribution in [0.15, 0.2) is 12.2 Å². The van der Waals surface area contributed by atoms with Crippen molar-refractivity contribution in [3.05, 3.63) is 12.2 Å². The first-order valence-corrected chi connectivity index (χ1v) is 8.77. The van der Waals surface area contributed by atoms with Crippen LogP contribution in [0.4, 0.5) is 0 Å². The van der Waals surface area contributed by atoms with Crippen LogP contribution in [0.5, 0.6) is 0 Å². The van der Waals surface area contributed by atoms with Crippen LogP contribution in [-0.2, 0) is 0 Å².